The number of nitrogens with zero attached hydrogens (tertiary/aromatic N) is 2. The molecule has 0 saturated carbocycles. The average Bonchev–Trinajstić information content (AvgIpc) is 2.69. The third kappa shape index (κ3) is 2.85. The Morgan fingerprint density at radius 2 is 2.00 bits per heavy atom. The summed E-state index contributed by atoms with van der Waals surface area (Å²) in [5, 5.41) is 0. The number of anilines is 2. The van der Waals surface area contributed by atoms with Crippen molar-refractivity contribution in [3.05, 3.63) is 18.3 Å². The highest BCUT2D eigenvalue weighted by molar-refractivity contribution is 7.92. The van der Waals surface area contributed by atoms with Gasteiger partial charge in [0.2, 0.25) is 10.0 Å². The van der Waals surface area contributed by atoms with Crippen LogP contribution in [0, 0.1) is 0 Å². The lowest BCUT2D eigenvalue weighted by Crippen LogP contribution is -2.19. The summed E-state index contributed by atoms with van der Waals surface area (Å²) < 4.78 is 24.4. The van der Waals surface area contributed by atoms with Crippen molar-refractivity contribution < 1.29 is 8.42 Å². The summed E-state index contributed by atoms with van der Waals surface area (Å²) in [6.07, 6.45) is 5.08. The van der Waals surface area contributed by atoms with Crippen LogP contribution in [0.25, 0.3) is 0 Å². The summed E-state index contributed by atoms with van der Waals surface area (Å²) >= 11 is 0. The van der Waals surface area contributed by atoms with Crippen molar-refractivity contribution >= 4 is 21.5 Å². The Hall–Kier alpha value is -1.30. The first-order valence-electron chi connectivity index (χ1n) is 5.23. The fourth-order valence-corrected chi connectivity index (χ4v) is 2.34. The van der Waals surface area contributed by atoms with Gasteiger partial charge in [0.1, 0.15) is 5.82 Å². The van der Waals surface area contributed by atoms with Gasteiger partial charge >= 0.3 is 0 Å². The second-order valence-electron chi connectivity index (χ2n) is 3.97. The largest absolute Gasteiger partial charge is 0.357 e. The number of hydrogen-bond acceptors (Lipinski definition) is 4. The molecule has 1 N–H and O–H groups in total. The molecule has 1 aliphatic rings. The number of nitrogens with one attached hydrogen (secondary N) is 1. The van der Waals surface area contributed by atoms with Crippen molar-refractivity contribution in [2.24, 2.45) is 0 Å². The van der Waals surface area contributed by atoms with E-state index in [9.17, 15) is 8.42 Å². The van der Waals surface area contributed by atoms with E-state index in [0.29, 0.717) is 5.69 Å². The Balaban J connectivity index is 2.10. The van der Waals surface area contributed by atoms with Crippen molar-refractivity contribution in [3.8, 4) is 0 Å². The molecule has 88 valence electrons. The molecule has 0 amide bonds. The maximum absolute atomic E-state index is 11.0. The van der Waals surface area contributed by atoms with Gasteiger partial charge in [0.05, 0.1) is 18.1 Å². The third-order valence-corrected chi connectivity index (χ3v) is 3.09. The molecule has 0 atom stereocenters. The highest BCUT2D eigenvalue weighted by Crippen LogP contribution is 2.19. The molecule has 0 aromatic carbocycles. The molecule has 2 heterocycles. The number of sulfonamides is 1. The second kappa shape index (κ2) is 4.29. The van der Waals surface area contributed by atoms with Gasteiger partial charge in [-0.05, 0) is 25.0 Å². The predicted molar refractivity (Wildman–Crippen MR) is 64.2 cm³/mol. The molecule has 16 heavy (non-hydrogen) atoms. The van der Waals surface area contributed by atoms with E-state index in [0.717, 1.165) is 25.2 Å². The molecule has 1 aliphatic heterocycles. The van der Waals surface area contributed by atoms with Gasteiger partial charge < -0.3 is 4.90 Å². The van der Waals surface area contributed by atoms with Crippen LogP contribution < -0.4 is 9.62 Å². The van der Waals surface area contributed by atoms with E-state index in [1.54, 1.807) is 12.3 Å². The molecule has 0 radical (unpaired) electrons. The van der Waals surface area contributed by atoms with Crippen LogP contribution in [0.2, 0.25) is 0 Å². The molecule has 0 unspecified atom stereocenters. The van der Waals surface area contributed by atoms with Crippen LogP contribution in [0.3, 0.4) is 0 Å². The molecule has 2 rings (SSSR count). The van der Waals surface area contributed by atoms with Crippen LogP contribution in [0.4, 0.5) is 11.5 Å². The first-order chi connectivity index (χ1) is 7.54. The lowest BCUT2D eigenvalue weighted by Gasteiger charge is -2.16. The molecule has 0 aliphatic carbocycles. The van der Waals surface area contributed by atoms with Crippen LogP contribution in [-0.4, -0.2) is 32.7 Å². The van der Waals surface area contributed by atoms with Gasteiger partial charge in [0.25, 0.3) is 0 Å². The molecule has 1 aromatic rings. The first-order valence-corrected chi connectivity index (χ1v) is 7.12. The van der Waals surface area contributed by atoms with E-state index in [-0.39, 0.29) is 0 Å². The van der Waals surface area contributed by atoms with Gasteiger partial charge in [-0.2, -0.15) is 0 Å². The minimum atomic E-state index is -3.21. The van der Waals surface area contributed by atoms with Crippen LogP contribution in [0.1, 0.15) is 12.8 Å². The zero-order valence-corrected chi connectivity index (χ0v) is 10.00. The monoisotopic (exact) mass is 241 g/mol. The maximum atomic E-state index is 11.0. The quantitative estimate of drug-likeness (QED) is 0.859. The molecule has 0 bridgehead atoms. The molecule has 1 fully saturated rings. The summed E-state index contributed by atoms with van der Waals surface area (Å²) in [5.41, 5.74) is 0.505. The standard InChI is InChI=1S/C10H15N3O2S/c1-16(14,15)12-9-4-5-10(11-8-9)13-6-2-3-7-13/h4-5,8,12H,2-3,6-7H2,1H3. The molecule has 1 saturated heterocycles. The van der Waals surface area contributed by atoms with E-state index in [1.165, 1.54) is 12.8 Å². The SMILES string of the molecule is CS(=O)(=O)Nc1ccc(N2CCCC2)nc1. The minimum Gasteiger partial charge on any atom is -0.357 e. The topological polar surface area (TPSA) is 62.3 Å². The van der Waals surface area contributed by atoms with Crippen LogP contribution in [-0.2, 0) is 10.0 Å². The second-order valence-corrected chi connectivity index (χ2v) is 5.72. The minimum absolute atomic E-state index is 0.505. The van der Waals surface area contributed by atoms with E-state index in [4.69, 9.17) is 0 Å². The number of rotatable bonds is 3. The Morgan fingerprint density at radius 1 is 1.31 bits per heavy atom. The van der Waals surface area contributed by atoms with Crippen LogP contribution >= 0.6 is 0 Å². The summed E-state index contributed by atoms with van der Waals surface area (Å²) in [7, 11) is -3.21. The Bertz CT molecular complexity index is 449. The van der Waals surface area contributed by atoms with Gasteiger partial charge in [0.15, 0.2) is 0 Å². The molecule has 5 nitrogen and oxygen atoms in total. The first kappa shape index (κ1) is 11.2. The fraction of sp³-hybridized carbons (Fsp3) is 0.500. The number of hydrogen-bond donors (Lipinski definition) is 1. The van der Waals surface area contributed by atoms with Gasteiger partial charge in [0, 0.05) is 13.1 Å². The average molecular weight is 241 g/mol. The predicted octanol–water partition coefficient (Wildman–Crippen LogP) is 1.05. The van der Waals surface area contributed by atoms with Gasteiger partial charge in [-0.15, -0.1) is 0 Å². The summed E-state index contributed by atoms with van der Waals surface area (Å²) in [6, 6.07) is 3.58. The molecular weight excluding hydrogens is 226 g/mol. The van der Waals surface area contributed by atoms with Gasteiger partial charge in [-0.1, -0.05) is 0 Å². The zero-order chi connectivity index (χ0) is 11.6. The van der Waals surface area contributed by atoms with E-state index in [2.05, 4.69) is 14.6 Å². The maximum Gasteiger partial charge on any atom is 0.229 e. The zero-order valence-electron chi connectivity index (χ0n) is 9.18. The van der Waals surface area contributed by atoms with E-state index < -0.39 is 10.0 Å². The summed E-state index contributed by atoms with van der Waals surface area (Å²) in [5.74, 6) is 0.913. The molecular formula is C10H15N3O2S. The van der Waals surface area contributed by atoms with Crippen molar-refractivity contribution in [1.82, 2.24) is 4.98 Å². The summed E-state index contributed by atoms with van der Waals surface area (Å²) in [4.78, 5) is 6.44. The highest BCUT2D eigenvalue weighted by Gasteiger charge is 2.13. The van der Waals surface area contributed by atoms with Crippen molar-refractivity contribution in [1.29, 1.82) is 0 Å². The Morgan fingerprint density at radius 3 is 2.50 bits per heavy atom. The van der Waals surface area contributed by atoms with E-state index in [1.807, 2.05) is 6.07 Å². The summed E-state index contributed by atoms with van der Waals surface area (Å²) in [6.45, 7) is 2.07. The Labute approximate surface area is 95.5 Å². The van der Waals surface area contributed by atoms with E-state index >= 15 is 0 Å². The highest BCUT2D eigenvalue weighted by atomic mass is 32.2. The lowest BCUT2D eigenvalue weighted by atomic mass is 10.4. The van der Waals surface area contributed by atoms with Gasteiger partial charge in [-0.25, -0.2) is 13.4 Å². The molecule has 6 heteroatoms. The smallest absolute Gasteiger partial charge is 0.229 e. The van der Waals surface area contributed by atoms with Crippen LogP contribution in [0.5, 0.6) is 0 Å². The normalized spacial score (nSPS) is 16.4. The van der Waals surface area contributed by atoms with Crippen molar-refractivity contribution in [3.63, 3.8) is 0 Å². The van der Waals surface area contributed by atoms with Crippen molar-refractivity contribution in [2.45, 2.75) is 12.8 Å². The third-order valence-electron chi connectivity index (χ3n) is 2.48. The van der Waals surface area contributed by atoms with Crippen molar-refractivity contribution in [2.75, 3.05) is 29.0 Å². The fourth-order valence-electron chi connectivity index (χ4n) is 1.79. The van der Waals surface area contributed by atoms with Gasteiger partial charge in [-0.3, -0.25) is 4.72 Å². The molecule has 0 spiro atoms. The molecule has 1 aromatic heterocycles. The Kier molecular flexibility index (Phi) is 3.00. The van der Waals surface area contributed by atoms with Crippen LogP contribution in [0.15, 0.2) is 18.3 Å². The number of pyridine rings is 1. The number of aromatic nitrogens is 1. The lowest BCUT2D eigenvalue weighted by molar-refractivity contribution is 0.607.